The second-order valence-corrected chi connectivity index (χ2v) is 15.4. The molecule has 1 unspecified atom stereocenters. The maximum atomic E-state index is 13.6. The standard InChI is InChI=1S/C20H27N10O18P3/c21-19-25-13-7(15(35)27-19)23-3-29(13)17-11(33)9(31)5(45-17)1-43-51(42,48-50(40,41)47-49(37,38)39)44-2-6-10(32)12(34)18(46-6)30-4-24-8-14(30)26-20(22)28-16(8)36/h3-6,9-12,17-18,31-34H,1-2H2,(H,40,41)(H2,37,38,39)(H3,21,25,27,35)(H3,22,26,28,36)/t5-,6-,9-,10-,11-,12-,17-,18-/m1/s1. The Morgan fingerprint density at radius 1 is 0.725 bits per heavy atom. The minimum absolute atomic E-state index is 0.174. The first kappa shape index (κ1) is 37.2. The molecule has 4 aromatic rings. The van der Waals surface area contributed by atoms with E-state index in [0.717, 1.165) is 21.8 Å². The Hall–Kier alpha value is -3.53. The largest absolute Gasteiger partial charge is 0.490 e. The number of aliphatic hydroxyl groups excluding tert-OH is 4. The summed E-state index contributed by atoms with van der Waals surface area (Å²) < 4.78 is 68.6. The Morgan fingerprint density at radius 3 is 1.53 bits per heavy atom. The number of hydrogen-bond acceptors (Lipinski definition) is 21. The van der Waals surface area contributed by atoms with Crippen LogP contribution >= 0.6 is 23.5 Å². The molecular weight excluding hydrogens is 761 g/mol. The SMILES string of the molecule is Nc1nc2c(ncn2[C@@H]2O[C@H](COP(=O)(OC[C@H]3O[C@@H](n4cnc5c(=O)[nH]c(N)nc54)[C@H](O)[C@@H]3O)OP(=O)(O)OP(=O)(O)O)[C@@H](O)[C@H]2O)c(=O)[nH]1. The smallest absolute Gasteiger partial charge is 0.387 e. The summed E-state index contributed by atoms with van der Waals surface area (Å²) in [4.78, 5) is 72.2. The molecule has 13 N–H and O–H groups in total. The number of nitrogens with zero attached hydrogens (tertiary/aromatic N) is 6. The van der Waals surface area contributed by atoms with E-state index in [-0.39, 0.29) is 34.2 Å². The maximum absolute atomic E-state index is 13.6. The van der Waals surface area contributed by atoms with Gasteiger partial charge >= 0.3 is 23.5 Å². The van der Waals surface area contributed by atoms with Gasteiger partial charge in [-0.15, -0.1) is 0 Å². The second kappa shape index (κ2) is 13.5. The number of aliphatic hydroxyl groups is 4. The van der Waals surface area contributed by atoms with Gasteiger partial charge < -0.3 is 56.0 Å². The van der Waals surface area contributed by atoms with E-state index in [0.29, 0.717) is 0 Å². The predicted molar refractivity (Wildman–Crippen MR) is 161 cm³/mol. The van der Waals surface area contributed by atoms with E-state index < -0.39 is 96.9 Å². The minimum Gasteiger partial charge on any atom is -0.387 e. The highest BCUT2D eigenvalue weighted by Crippen LogP contribution is 2.68. The van der Waals surface area contributed by atoms with Gasteiger partial charge in [-0.1, -0.05) is 0 Å². The van der Waals surface area contributed by atoms with Gasteiger partial charge in [-0.25, -0.2) is 23.7 Å². The van der Waals surface area contributed by atoms with Crippen LogP contribution in [-0.4, -0.2) is 124 Å². The third kappa shape index (κ3) is 7.53. The first-order valence-electron chi connectivity index (χ1n) is 13.9. The van der Waals surface area contributed by atoms with E-state index in [1.165, 1.54) is 0 Å². The molecule has 0 bridgehead atoms. The molecule has 31 heteroatoms. The number of aromatic amines is 2. The summed E-state index contributed by atoms with van der Waals surface area (Å²) in [6.07, 6.45) is -11.7. The monoisotopic (exact) mass is 788 g/mol. The molecule has 280 valence electrons. The number of fused-ring (bicyclic) bond motifs is 2. The highest BCUT2D eigenvalue weighted by Gasteiger charge is 2.50. The van der Waals surface area contributed by atoms with Crippen LogP contribution in [0.3, 0.4) is 0 Å². The van der Waals surface area contributed by atoms with Crippen LogP contribution in [-0.2, 0) is 40.8 Å². The minimum atomic E-state index is -6.00. The number of H-pyrrole nitrogens is 2. The fraction of sp³-hybridized carbons (Fsp3) is 0.500. The average Bonchev–Trinajstić information content (AvgIpc) is 3.75. The van der Waals surface area contributed by atoms with E-state index in [4.69, 9.17) is 39.8 Å². The van der Waals surface area contributed by atoms with Crippen molar-refractivity contribution >= 4 is 57.7 Å². The molecule has 0 radical (unpaired) electrons. The van der Waals surface area contributed by atoms with Gasteiger partial charge in [-0.2, -0.15) is 18.6 Å². The molecule has 51 heavy (non-hydrogen) atoms. The summed E-state index contributed by atoms with van der Waals surface area (Å²) in [5.41, 5.74) is 8.89. The van der Waals surface area contributed by atoms with Gasteiger partial charge in [0.05, 0.1) is 25.9 Å². The predicted octanol–water partition coefficient (Wildman–Crippen LogP) is -3.98. The summed E-state index contributed by atoms with van der Waals surface area (Å²) in [6.45, 7) is -2.21. The van der Waals surface area contributed by atoms with Crippen LogP contribution in [0.4, 0.5) is 11.9 Å². The zero-order valence-corrected chi connectivity index (χ0v) is 27.7. The first-order chi connectivity index (χ1) is 23.8. The Balaban J connectivity index is 1.20. The molecule has 2 fully saturated rings. The molecule has 0 saturated carbocycles. The lowest BCUT2D eigenvalue weighted by molar-refractivity contribution is -0.0607. The number of ether oxygens (including phenoxy) is 2. The van der Waals surface area contributed by atoms with Gasteiger partial charge in [-0.3, -0.25) is 37.7 Å². The molecule has 6 heterocycles. The molecule has 0 aliphatic carbocycles. The second-order valence-electron chi connectivity index (χ2n) is 10.8. The average molecular weight is 788 g/mol. The molecule has 9 atom stereocenters. The number of nitrogens with two attached hydrogens (primary N) is 2. The van der Waals surface area contributed by atoms with Crippen LogP contribution in [0.25, 0.3) is 22.3 Å². The molecule has 0 aromatic carbocycles. The van der Waals surface area contributed by atoms with E-state index in [1.54, 1.807) is 0 Å². The van der Waals surface area contributed by atoms with Crippen molar-refractivity contribution in [3.8, 4) is 0 Å². The maximum Gasteiger partial charge on any atom is 0.490 e. The number of phosphoric acid groups is 3. The number of anilines is 2. The molecule has 6 rings (SSSR count). The third-order valence-electron chi connectivity index (χ3n) is 7.33. The quantitative estimate of drug-likeness (QED) is 0.0610. The van der Waals surface area contributed by atoms with E-state index >= 15 is 0 Å². The Kier molecular flexibility index (Phi) is 9.83. The lowest BCUT2D eigenvalue weighted by Crippen LogP contribution is -2.34. The van der Waals surface area contributed by atoms with Crippen molar-refractivity contribution in [3.05, 3.63) is 33.4 Å². The highest BCUT2D eigenvalue weighted by atomic mass is 31.3. The molecular formula is C20H27N10O18P3. The van der Waals surface area contributed by atoms with Crippen molar-refractivity contribution in [1.82, 2.24) is 39.0 Å². The summed E-state index contributed by atoms with van der Waals surface area (Å²) >= 11 is 0. The van der Waals surface area contributed by atoms with Gasteiger partial charge in [0.1, 0.15) is 36.6 Å². The Morgan fingerprint density at radius 2 is 1.14 bits per heavy atom. The number of rotatable bonds is 12. The molecule has 0 spiro atoms. The van der Waals surface area contributed by atoms with E-state index in [1.807, 2.05) is 0 Å². The van der Waals surface area contributed by atoms with E-state index in [2.05, 4.69) is 38.5 Å². The lowest BCUT2D eigenvalue weighted by Gasteiger charge is -2.24. The number of aromatic nitrogens is 8. The zero-order chi connectivity index (χ0) is 37.2. The van der Waals surface area contributed by atoms with Gasteiger partial charge in [0.25, 0.3) is 11.1 Å². The van der Waals surface area contributed by atoms with Crippen LogP contribution < -0.4 is 22.6 Å². The summed E-state index contributed by atoms with van der Waals surface area (Å²) in [5, 5.41) is 42.7. The van der Waals surface area contributed by atoms with Crippen LogP contribution in [0.1, 0.15) is 12.5 Å². The summed E-state index contributed by atoms with van der Waals surface area (Å²) in [6, 6.07) is 0. The summed E-state index contributed by atoms with van der Waals surface area (Å²) in [7, 11) is -17.4. The number of nitrogen functional groups attached to an aromatic ring is 2. The Labute approximate surface area is 280 Å². The van der Waals surface area contributed by atoms with Crippen molar-refractivity contribution in [3.63, 3.8) is 0 Å². The van der Waals surface area contributed by atoms with Crippen molar-refractivity contribution in [2.45, 2.75) is 49.1 Å². The highest BCUT2D eigenvalue weighted by molar-refractivity contribution is 7.66. The molecule has 2 aliphatic rings. The fourth-order valence-corrected chi connectivity index (χ4v) is 8.73. The van der Waals surface area contributed by atoms with Gasteiger partial charge in [0.2, 0.25) is 11.9 Å². The Bertz CT molecular complexity index is 2090. The first-order valence-corrected chi connectivity index (χ1v) is 18.4. The third-order valence-corrected chi connectivity index (χ3v) is 11.6. The van der Waals surface area contributed by atoms with E-state index in [9.17, 15) is 48.6 Å². The number of hydrogen-bond donors (Lipinski definition) is 11. The number of nitrogens with one attached hydrogen (secondary N) is 2. The number of imidazole rings is 2. The number of phosphoric ester groups is 1. The van der Waals surface area contributed by atoms with Crippen molar-refractivity contribution in [2.24, 2.45) is 0 Å². The zero-order valence-electron chi connectivity index (χ0n) is 25.0. The lowest BCUT2D eigenvalue weighted by atomic mass is 10.1. The van der Waals surface area contributed by atoms with Crippen molar-refractivity contribution in [2.75, 3.05) is 24.7 Å². The molecule has 2 saturated heterocycles. The van der Waals surface area contributed by atoms with Gasteiger partial charge in [0.15, 0.2) is 34.8 Å². The molecule has 0 amide bonds. The molecule has 2 aliphatic heterocycles. The van der Waals surface area contributed by atoms with Crippen molar-refractivity contribution in [1.29, 1.82) is 0 Å². The summed E-state index contributed by atoms with van der Waals surface area (Å²) in [5.74, 6) is -0.651. The van der Waals surface area contributed by atoms with Crippen LogP contribution in [0, 0.1) is 0 Å². The fourth-order valence-electron chi connectivity index (χ4n) is 5.14. The topological polar surface area (TPSA) is 427 Å². The van der Waals surface area contributed by atoms with Crippen LogP contribution in [0.15, 0.2) is 22.2 Å². The van der Waals surface area contributed by atoms with Crippen LogP contribution in [0.2, 0.25) is 0 Å². The van der Waals surface area contributed by atoms with Gasteiger partial charge in [0, 0.05) is 0 Å². The van der Waals surface area contributed by atoms with Gasteiger partial charge in [-0.05, 0) is 0 Å². The van der Waals surface area contributed by atoms with Crippen LogP contribution in [0.5, 0.6) is 0 Å². The molecule has 4 aromatic heterocycles. The normalized spacial score (nSPS) is 29.5. The molecule has 28 nitrogen and oxygen atoms in total. The van der Waals surface area contributed by atoms with Crippen molar-refractivity contribution < 1.29 is 75.9 Å².